The highest BCUT2D eigenvalue weighted by Gasteiger charge is 2.30. The average molecular weight is 261 g/mol. The van der Waals surface area contributed by atoms with Crippen molar-refractivity contribution in [3.05, 3.63) is 18.2 Å². The molecule has 1 fully saturated rings. The molecule has 0 aliphatic carbocycles. The molecule has 3 rings (SSSR count). The second-order valence-electron chi connectivity index (χ2n) is 4.71. The van der Waals surface area contributed by atoms with E-state index in [2.05, 4.69) is 10.6 Å². The van der Waals surface area contributed by atoms with Gasteiger partial charge in [-0.15, -0.1) is 0 Å². The van der Waals surface area contributed by atoms with E-state index in [4.69, 9.17) is 4.74 Å². The molecule has 2 aliphatic heterocycles. The summed E-state index contributed by atoms with van der Waals surface area (Å²) in [6.45, 7) is 0.680. The zero-order valence-electron chi connectivity index (χ0n) is 10.6. The first-order chi connectivity index (χ1) is 9.17. The molecule has 19 heavy (non-hydrogen) atoms. The third-order valence-electron chi connectivity index (χ3n) is 3.44. The van der Waals surface area contributed by atoms with Crippen LogP contribution in [0.3, 0.4) is 0 Å². The summed E-state index contributed by atoms with van der Waals surface area (Å²) >= 11 is 0. The van der Waals surface area contributed by atoms with Crippen molar-refractivity contribution < 1.29 is 14.3 Å². The van der Waals surface area contributed by atoms with Gasteiger partial charge in [0, 0.05) is 24.7 Å². The van der Waals surface area contributed by atoms with Gasteiger partial charge in [-0.25, -0.2) is 0 Å². The highest BCUT2D eigenvalue weighted by Crippen LogP contribution is 2.33. The number of likely N-dealkylation sites (N-methyl/N-ethyl adjacent to an activating group) is 1. The molecule has 0 spiro atoms. The number of carbonyl (C=O) groups is 2. The molecule has 0 saturated carbocycles. The highest BCUT2D eigenvalue weighted by atomic mass is 16.5. The van der Waals surface area contributed by atoms with Crippen LogP contribution < -0.4 is 20.3 Å². The number of carbonyl (C=O) groups excluding carboxylic acids is 2. The molecule has 6 heteroatoms. The van der Waals surface area contributed by atoms with Gasteiger partial charge in [0.1, 0.15) is 5.75 Å². The molecule has 0 bridgehead atoms. The third kappa shape index (κ3) is 2.15. The van der Waals surface area contributed by atoms with Gasteiger partial charge in [0.2, 0.25) is 5.91 Å². The molecule has 1 atom stereocenters. The first kappa shape index (κ1) is 12.0. The second-order valence-corrected chi connectivity index (χ2v) is 4.71. The van der Waals surface area contributed by atoms with Crippen LogP contribution >= 0.6 is 0 Å². The zero-order valence-corrected chi connectivity index (χ0v) is 10.6. The summed E-state index contributed by atoms with van der Waals surface area (Å²) in [5, 5.41) is 5.85. The first-order valence-electron chi connectivity index (χ1n) is 6.21. The van der Waals surface area contributed by atoms with Gasteiger partial charge < -0.3 is 20.3 Å². The van der Waals surface area contributed by atoms with E-state index in [1.54, 1.807) is 17.0 Å². The van der Waals surface area contributed by atoms with Gasteiger partial charge in [0.05, 0.1) is 5.69 Å². The summed E-state index contributed by atoms with van der Waals surface area (Å²) in [4.78, 5) is 25.0. The minimum atomic E-state index is -0.175. The van der Waals surface area contributed by atoms with Crippen LogP contribution in [0.2, 0.25) is 0 Å². The SMILES string of the molecule is CNC1CC(=O)N(c2ccc3c(c2)NC(=O)CO3)C1. The van der Waals surface area contributed by atoms with Crippen LogP contribution in [-0.4, -0.2) is 38.1 Å². The van der Waals surface area contributed by atoms with Crippen LogP contribution in [0.1, 0.15) is 6.42 Å². The minimum Gasteiger partial charge on any atom is -0.482 e. The van der Waals surface area contributed by atoms with E-state index in [0.717, 1.165) is 5.69 Å². The molecular weight excluding hydrogens is 246 g/mol. The number of hydrogen-bond acceptors (Lipinski definition) is 4. The fraction of sp³-hybridized carbons (Fsp3) is 0.385. The van der Waals surface area contributed by atoms with Crippen LogP contribution in [0.4, 0.5) is 11.4 Å². The van der Waals surface area contributed by atoms with Crippen molar-refractivity contribution in [2.75, 3.05) is 30.4 Å². The lowest BCUT2D eigenvalue weighted by molar-refractivity contribution is -0.118. The number of benzene rings is 1. The predicted molar refractivity (Wildman–Crippen MR) is 70.4 cm³/mol. The van der Waals surface area contributed by atoms with Crippen molar-refractivity contribution in [3.63, 3.8) is 0 Å². The van der Waals surface area contributed by atoms with Crippen molar-refractivity contribution in [1.82, 2.24) is 5.32 Å². The van der Waals surface area contributed by atoms with Crippen LogP contribution in [0.25, 0.3) is 0 Å². The maximum absolute atomic E-state index is 11.9. The number of ether oxygens (including phenoxy) is 1. The molecule has 2 amide bonds. The Morgan fingerprint density at radius 1 is 1.42 bits per heavy atom. The van der Waals surface area contributed by atoms with Gasteiger partial charge in [-0.2, -0.15) is 0 Å². The first-order valence-corrected chi connectivity index (χ1v) is 6.21. The van der Waals surface area contributed by atoms with Crippen LogP contribution in [0.5, 0.6) is 5.75 Å². The Morgan fingerprint density at radius 2 is 2.26 bits per heavy atom. The fourth-order valence-electron chi connectivity index (χ4n) is 2.39. The normalized spacial score (nSPS) is 21.9. The van der Waals surface area contributed by atoms with Gasteiger partial charge in [-0.05, 0) is 25.2 Å². The number of hydrogen-bond donors (Lipinski definition) is 2. The number of nitrogens with one attached hydrogen (secondary N) is 2. The van der Waals surface area contributed by atoms with E-state index < -0.39 is 0 Å². The molecule has 1 aromatic carbocycles. The van der Waals surface area contributed by atoms with Crippen LogP contribution in [0, 0.1) is 0 Å². The standard InChI is InChI=1S/C13H15N3O3/c1-14-8-4-13(18)16(6-8)9-2-3-11-10(5-9)15-12(17)7-19-11/h2-3,5,8,14H,4,6-7H2,1H3,(H,15,17). The number of nitrogens with zero attached hydrogens (tertiary/aromatic N) is 1. The molecule has 1 saturated heterocycles. The molecule has 1 aromatic rings. The number of amides is 2. The van der Waals surface area contributed by atoms with Crippen LogP contribution in [-0.2, 0) is 9.59 Å². The Labute approximate surface area is 110 Å². The third-order valence-corrected chi connectivity index (χ3v) is 3.44. The Bertz CT molecular complexity index is 544. The Kier molecular flexibility index (Phi) is 2.87. The van der Waals surface area contributed by atoms with E-state index in [9.17, 15) is 9.59 Å². The van der Waals surface area contributed by atoms with Gasteiger partial charge in [-0.3, -0.25) is 9.59 Å². The Morgan fingerprint density at radius 3 is 3.00 bits per heavy atom. The molecule has 1 unspecified atom stereocenters. The van der Waals surface area contributed by atoms with Gasteiger partial charge >= 0.3 is 0 Å². The fourth-order valence-corrected chi connectivity index (χ4v) is 2.39. The van der Waals surface area contributed by atoms with E-state index in [1.807, 2.05) is 13.1 Å². The van der Waals surface area contributed by atoms with Crippen LogP contribution in [0.15, 0.2) is 18.2 Å². The van der Waals surface area contributed by atoms with Crippen molar-refractivity contribution in [2.45, 2.75) is 12.5 Å². The highest BCUT2D eigenvalue weighted by molar-refractivity contribution is 5.99. The Hall–Kier alpha value is -2.08. The number of fused-ring (bicyclic) bond motifs is 1. The van der Waals surface area contributed by atoms with Crippen molar-refractivity contribution in [2.24, 2.45) is 0 Å². The maximum Gasteiger partial charge on any atom is 0.262 e. The molecule has 100 valence electrons. The van der Waals surface area contributed by atoms with E-state index in [-0.39, 0.29) is 24.5 Å². The summed E-state index contributed by atoms with van der Waals surface area (Å²) in [5.74, 6) is 0.549. The molecular formula is C13H15N3O3. The maximum atomic E-state index is 11.9. The summed E-state index contributed by atoms with van der Waals surface area (Å²) < 4.78 is 5.29. The molecule has 0 radical (unpaired) electrons. The summed E-state index contributed by atoms with van der Waals surface area (Å²) in [6, 6.07) is 5.58. The van der Waals surface area contributed by atoms with E-state index >= 15 is 0 Å². The van der Waals surface area contributed by atoms with Gasteiger partial charge in [0.15, 0.2) is 6.61 Å². The topological polar surface area (TPSA) is 70.7 Å². The number of anilines is 2. The minimum absolute atomic E-state index is 0.0385. The number of rotatable bonds is 2. The van der Waals surface area contributed by atoms with Crippen molar-refractivity contribution in [3.8, 4) is 5.75 Å². The zero-order chi connectivity index (χ0) is 13.4. The molecule has 2 aliphatic rings. The lowest BCUT2D eigenvalue weighted by atomic mass is 10.2. The van der Waals surface area contributed by atoms with Gasteiger partial charge in [0.25, 0.3) is 5.91 Å². The average Bonchev–Trinajstić information content (AvgIpc) is 2.79. The molecule has 6 nitrogen and oxygen atoms in total. The summed E-state index contributed by atoms with van der Waals surface area (Å²) in [7, 11) is 1.85. The summed E-state index contributed by atoms with van der Waals surface area (Å²) in [5.41, 5.74) is 1.40. The molecule has 0 aromatic heterocycles. The summed E-state index contributed by atoms with van der Waals surface area (Å²) in [6.07, 6.45) is 0.496. The molecule has 2 N–H and O–H groups in total. The lowest BCUT2D eigenvalue weighted by Crippen LogP contribution is -2.30. The smallest absolute Gasteiger partial charge is 0.262 e. The second kappa shape index (κ2) is 4.55. The van der Waals surface area contributed by atoms with Crippen molar-refractivity contribution >= 4 is 23.2 Å². The van der Waals surface area contributed by atoms with Gasteiger partial charge in [-0.1, -0.05) is 0 Å². The lowest BCUT2D eigenvalue weighted by Gasteiger charge is -2.22. The predicted octanol–water partition coefficient (Wildman–Crippen LogP) is 0.342. The Balaban J connectivity index is 1.88. The van der Waals surface area contributed by atoms with Crippen molar-refractivity contribution in [1.29, 1.82) is 0 Å². The quantitative estimate of drug-likeness (QED) is 0.805. The van der Waals surface area contributed by atoms with E-state index in [0.29, 0.717) is 24.4 Å². The monoisotopic (exact) mass is 261 g/mol. The van der Waals surface area contributed by atoms with E-state index in [1.165, 1.54) is 0 Å². The largest absolute Gasteiger partial charge is 0.482 e. The molecule has 2 heterocycles.